The van der Waals surface area contributed by atoms with Gasteiger partial charge in [0.05, 0.1) is 0 Å². The molecule has 2 unspecified atom stereocenters. The smallest absolute Gasteiger partial charge is 0.123 e. The first-order valence-electron chi connectivity index (χ1n) is 11.8. The van der Waals surface area contributed by atoms with Crippen LogP contribution in [-0.2, 0) is 6.42 Å². The van der Waals surface area contributed by atoms with Crippen molar-refractivity contribution in [2.24, 2.45) is 5.73 Å². The third-order valence-electron chi connectivity index (χ3n) is 6.02. The molecule has 0 aliphatic carbocycles. The maximum atomic E-state index is 11.4. The molecule has 4 aromatic carbocycles. The van der Waals surface area contributed by atoms with Crippen LogP contribution in [0.2, 0.25) is 0 Å². The molecular weight excluding hydrogens is 517 g/mol. The maximum Gasteiger partial charge on any atom is 0.123 e. The van der Waals surface area contributed by atoms with E-state index in [1.807, 2.05) is 49.4 Å². The Labute approximate surface area is 220 Å². The molecule has 0 amide bonds. The number of ether oxygens (including phenoxy) is 1. The van der Waals surface area contributed by atoms with Gasteiger partial charge in [-0.1, -0.05) is 72.8 Å². The molecule has 0 spiro atoms. The van der Waals surface area contributed by atoms with E-state index in [1.54, 1.807) is 0 Å². The number of halogens is 1. The molecule has 4 aromatic rings. The summed E-state index contributed by atoms with van der Waals surface area (Å²) in [5.41, 5.74) is 7.09. The van der Waals surface area contributed by atoms with Crippen molar-refractivity contribution in [3.8, 4) is 5.75 Å². The van der Waals surface area contributed by atoms with Gasteiger partial charge in [-0.05, 0) is 61.4 Å². The quantitative estimate of drug-likeness (QED) is 0.293. The lowest BCUT2D eigenvalue weighted by atomic mass is 10.1. The zero-order valence-electron chi connectivity index (χ0n) is 20.0. The van der Waals surface area contributed by atoms with Crippen molar-refractivity contribution >= 4 is 23.2 Å². The molecule has 3 nitrogen and oxygen atoms in total. The average Bonchev–Trinajstić information content (AvgIpc) is 2.88. The first-order chi connectivity index (χ1) is 16.6. The molecule has 0 saturated heterocycles. The number of nitrogens with two attached hydrogens (primary N) is 1. The SMILES string of the molecule is CC(N)Cc1ccccc1OCC(O)C[P+](c1ccccc1)(c1ccccc1)c1ccccc1.[Br-]. The van der Waals surface area contributed by atoms with Crippen molar-refractivity contribution in [2.45, 2.75) is 25.5 Å². The highest BCUT2D eigenvalue weighted by molar-refractivity contribution is 7.95. The highest BCUT2D eigenvalue weighted by Gasteiger charge is 2.46. The van der Waals surface area contributed by atoms with Crippen LogP contribution in [0.1, 0.15) is 12.5 Å². The van der Waals surface area contributed by atoms with E-state index < -0.39 is 13.4 Å². The van der Waals surface area contributed by atoms with Gasteiger partial charge in [-0.2, -0.15) is 0 Å². The summed E-state index contributed by atoms with van der Waals surface area (Å²) in [6.07, 6.45) is 0.694. The second-order valence-corrected chi connectivity index (χ2v) is 12.3. The molecule has 0 aliphatic rings. The predicted octanol–water partition coefficient (Wildman–Crippen LogP) is 1.31. The number of para-hydroxylation sites is 1. The molecule has 0 heterocycles. The summed E-state index contributed by atoms with van der Waals surface area (Å²) in [6, 6.07) is 39.8. The van der Waals surface area contributed by atoms with Crippen LogP contribution in [-0.4, -0.2) is 30.0 Å². The first-order valence-corrected chi connectivity index (χ1v) is 13.8. The number of aliphatic hydroxyl groups is 1. The summed E-state index contributed by atoms with van der Waals surface area (Å²) in [5.74, 6) is 0.793. The van der Waals surface area contributed by atoms with E-state index in [4.69, 9.17) is 10.5 Å². The molecule has 3 N–H and O–H groups in total. The molecule has 35 heavy (non-hydrogen) atoms. The summed E-state index contributed by atoms with van der Waals surface area (Å²) in [7, 11) is -2.12. The highest BCUT2D eigenvalue weighted by atomic mass is 79.9. The van der Waals surface area contributed by atoms with Gasteiger partial charge in [-0.3, -0.25) is 0 Å². The van der Waals surface area contributed by atoms with Crippen LogP contribution in [0.15, 0.2) is 115 Å². The highest BCUT2D eigenvalue weighted by Crippen LogP contribution is 2.55. The van der Waals surface area contributed by atoms with Gasteiger partial charge >= 0.3 is 0 Å². The van der Waals surface area contributed by atoms with Gasteiger partial charge in [-0.25, -0.2) is 0 Å². The van der Waals surface area contributed by atoms with Crippen molar-refractivity contribution in [2.75, 3.05) is 12.8 Å². The van der Waals surface area contributed by atoms with E-state index in [2.05, 4.69) is 72.8 Å². The van der Waals surface area contributed by atoms with Crippen molar-refractivity contribution in [3.63, 3.8) is 0 Å². The number of hydrogen-bond donors (Lipinski definition) is 2. The molecule has 0 aromatic heterocycles. The minimum absolute atomic E-state index is 0. The molecule has 182 valence electrons. The fourth-order valence-corrected chi connectivity index (χ4v) is 8.83. The molecule has 0 radical (unpaired) electrons. The van der Waals surface area contributed by atoms with E-state index in [1.165, 1.54) is 15.9 Å². The molecule has 0 aliphatic heterocycles. The Hall–Kier alpha value is -2.49. The summed E-state index contributed by atoms with van der Waals surface area (Å²) in [6.45, 7) is 2.22. The third kappa shape index (κ3) is 6.59. The molecule has 5 heteroatoms. The Morgan fingerprint density at radius 3 is 1.60 bits per heavy atom. The Balaban J connectivity index is 0.00000342. The van der Waals surface area contributed by atoms with Crippen LogP contribution >= 0.6 is 7.26 Å². The van der Waals surface area contributed by atoms with Crippen molar-refractivity contribution < 1.29 is 26.8 Å². The monoisotopic (exact) mass is 549 g/mol. The van der Waals surface area contributed by atoms with Crippen molar-refractivity contribution in [1.82, 2.24) is 0 Å². The largest absolute Gasteiger partial charge is 1.00 e. The number of hydrogen-bond acceptors (Lipinski definition) is 3. The van der Waals surface area contributed by atoms with Gasteiger partial charge in [0.15, 0.2) is 0 Å². The summed E-state index contributed by atoms with van der Waals surface area (Å²) < 4.78 is 6.17. The lowest BCUT2D eigenvalue weighted by molar-refractivity contribution is -0.00000889. The Morgan fingerprint density at radius 2 is 1.14 bits per heavy atom. The van der Waals surface area contributed by atoms with Crippen LogP contribution in [0.25, 0.3) is 0 Å². The van der Waals surface area contributed by atoms with Gasteiger partial charge in [-0.15, -0.1) is 0 Å². The van der Waals surface area contributed by atoms with Crippen LogP contribution in [0, 0.1) is 0 Å². The van der Waals surface area contributed by atoms with Crippen molar-refractivity contribution in [3.05, 3.63) is 121 Å². The van der Waals surface area contributed by atoms with Crippen LogP contribution in [0.5, 0.6) is 5.75 Å². The zero-order chi connectivity index (χ0) is 23.8. The van der Waals surface area contributed by atoms with E-state index in [0.717, 1.165) is 17.7 Å². The average molecular weight is 550 g/mol. The molecular formula is C30H33BrNO2P. The van der Waals surface area contributed by atoms with Gasteiger partial charge in [0, 0.05) is 6.04 Å². The van der Waals surface area contributed by atoms with Gasteiger partial charge in [0.2, 0.25) is 0 Å². The second kappa shape index (κ2) is 13.0. The summed E-state index contributed by atoms with van der Waals surface area (Å²) >= 11 is 0. The maximum absolute atomic E-state index is 11.4. The van der Waals surface area contributed by atoms with Gasteiger partial charge < -0.3 is 32.6 Å². The molecule has 4 rings (SSSR count). The van der Waals surface area contributed by atoms with E-state index in [0.29, 0.717) is 6.16 Å². The van der Waals surface area contributed by atoms with E-state index in [9.17, 15) is 5.11 Å². The number of aliphatic hydroxyl groups excluding tert-OH is 1. The summed E-state index contributed by atoms with van der Waals surface area (Å²) in [4.78, 5) is 0. The predicted molar refractivity (Wildman–Crippen MR) is 145 cm³/mol. The number of rotatable bonds is 10. The Bertz CT molecular complexity index is 1060. The molecule has 0 bridgehead atoms. The lowest BCUT2D eigenvalue weighted by Crippen LogP contribution is -3.00. The van der Waals surface area contributed by atoms with Gasteiger partial charge in [0.1, 0.15) is 47.8 Å². The van der Waals surface area contributed by atoms with E-state index >= 15 is 0 Å². The van der Waals surface area contributed by atoms with Crippen molar-refractivity contribution in [1.29, 1.82) is 0 Å². The topological polar surface area (TPSA) is 55.5 Å². The molecule has 0 fully saturated rings. The standard InChI is InChI=1S/C30H33NO2P.BrH/c1-24(31)21-25-13-11-12-20-30(25)33-22-26(32)23-34(27-14-5-2-6-15-27,28-16-7-3-8-17-28)29-18-9-4-10-19-29;/h2-20,24,26,32H,21-23,31H2,1H3;1H/q+1;/p-1. The Morgan fingerprint density at radius 1 is 0.714 bits per heavy atom. The van der Waals surface area contributed by atoms with E-state index in [-0.39, 0.29) is 29.6 Å². The molecule has 2 atom stereocenters. The summed E-state index contributed by atoms with van der Waals surface area (Å²) in [5, 5.41) is 15.1. The minimum atomic E-state index is -2.12. The normalized spacial score (nSPS) is 12.9. The lowest BCUT2D eigenvalue weighted by Gasteiger charge is -2.29. The number of benzene rings is 4. The fourth-order valence-electron chi connectivity index (χ4n) is 4.53. The van der Waals surface area contributed by atoms with Crippen LogP contribution in [0.4, 0.5) is 0 Å². The second-order valence-electron chi connectivity index (χ2n) is 8.75. The molecule has 0 saturated carbocycles. The van der Waals surface area contributed by atoms with Crippen LogP contribution < -0.4 is 43.4 Å². The van der Waals surface area contributed by atoms with Crippen LogP contribution in [0.3, 0.4) is 0 Å². The fraction of sp³-hybridized carbons (Fsp3) is 0.200. The first kappa shape index (κ1) is 27.1. The third-order valence-corrected chi connectivity index (χ3v) is 10.5. The minimum Gasteiger partial charge on any atom is -1.00 e. The van der Waals surface area contributed by atoms with Gasteiger partial charge in [0.25, 0.3) is 0 Å². The zero-order valence-corrected chi connectivity index (χ0v) is 22.5. The Kier molecular flexibility index (Phi) is 10.1.